The van der Waals surface area contributed by atoms with Gasteiger partial charge >= 0.3 is 0 Å². The lowest BCUT2D eigenvalue weighted by Crippen LogP contribution is -2.40. The maximum absolute atomic E-state index is 12.8. The van der Waals surface area contributed by atoms with Crippen molar-refractivity contribution < 1.29 is 4.79 Å². The van der Waals surface area contributed by atoms with E-state index in [2.05, 4.69) is 36.1 Å². The van der Waals surface area contributed by atoms with E-state index in [9.17, 15) is 4.79 Å². The molecule has 0 saturated heterocycles. The van der Waals surface area contributed by atoms with Gasteiger partial charge in [-0.1, -0.05) is 55.2 Å². The highest BCUT2D eigenvalue weighted by Crippen LogP contribution is 2.36. The molecule has 1 aromatic carbocycles. The number of nitrogens with zero attached hydrogens (tertiary/aromatic N) is 1. The summed E-state index contributed by atoms with van der Waals surface area (Å²) in [6, 6.07) is 10.8. The summed E-state index contributed by atoms with van der Waals surface area (Å²) >= 11 is 0. The van der Waals surface area contributed by atoms with Crippen LogP contribution in [-0.4, -0.2) is 16.8 Å². The van der Waals surface area contributed by atoms with Crippen molar-refractivity contribution in [3.8, 4) is 0 Å². The number of rotatable bonds is 5. The summed E-state index contributed by atoms with van der Waals surface area (Å²) in [5.74, 6) is 0.897. The first kappa shape index (κ1) is 15.3. The number of amides is 1. The molecule has 0 aromatic heterocycles. The van der Waals surface area contributed by atoms with E-state index >= 15 is 0 Å². The van der Waals surface area contributed by atoms with Crippen molar-refractivity contribution in [1.29, 1.82) is 0 Å². The number of carbonyl (C=O) groups excluding carboxylic acids is 1. The molecule has 0 N–H and O–H groups in total. The van der Waals surface area contributed by atoms with Gasteiger partial charge in [-0.2, -0.15) is 0 Å². The molecule has 0 bridgehead atoms. The van der Waals surface area contributed by atoms with Crippen molar-refractivity contribution in [2.24, 2.45) is 5.92 Å². The molecule has 2 aliphatic rings. The molecule has 0 aliphatic heterocycles. The van der Waals surface area contributed by atoms with Crippen molar-refractivity contribution in [3.63, 3.8) is 0 Å². The zero-order chi connectivity index (χ0) is 15.4. The molecule has 0 spiro atoms. The molecule has 0 radical (unpaired) electrons. The quantitative estimate of drug-likeness (QED) is 0.721. The Bertz CT molecular complexity index is 524. The van der Waals surface area contributed by atoms with Gasteiger partial charge in [-0.15, -0.1) is 0 Å². The van der Waals surface area contributed by atoms with Crippen LogP contribution < -0.4 is 0 Å². The monoisotopic (exact) mass is 297 g/mol. The van der Waals surface area contributed by atoms with Crippen LogP contribution in [0.4, 0.5) is 0 Å². The van der Waals surface area contributed by atoms with Crippen LogP contribution in [-0.2, 0) is 11.3 Å². The number of allylic oxidation sites excluding steroid dienone is 1. The van der Waals surface area contributed by atoms with Gasteiger partial charge in [-0.05, 0) is 44.1 Å². The summed E-state index contributed by atoms with van der Waals surface area (Å²) in [6.07, 6.45) is 10.6. The summed E-state index contributed by atoms with van der Waals surface area (Å²) in [5, 5.41) is 0. The lowest BCUT2D eigenvalue weighted by molar-refractivity contribution is -0.129. The summed E-state index contributed by atoms with van der Waals surface area (Å²) in [7, 11) is 0. The zero-order valence-electron chi connectivity index (χ0n) is 13.6. The molecular formula is C20H27NO. The molecule has 2 saturated carbocycles. The van der Waals surface area contributed by atoms with Gasteiger partial charge in [0.2, 0.25) is 5.91 Å². The molecule has 2 heteroatoms. The van der Waals surface area contributed by atoms with Crippen molar-refractivity contribution in [2.45, 2.75) is 64.5 Å². The maximum atomic E-state index is 12.8. The zero-order valence-corrected chi connectivity index (χ0v) is 13.6. The van der Waals surface area contributed by atoms with E-state index in [1.807, 2.05) is 12.1 Å². The van der Waals surface area contributed by atoms with Gasteiger partial charge in [0, 0.05) is 18.7 Å². The van der Waals surface area contributed by atoms with Gasteiger partial charge in [-0.3, -0.25) is 4.79 Å². The second-order valence-corrected chi connectivity index (χ2v) is 6.91. The first-order valence-corrected chi connectivity index (χ1v) is 8.77. The van der Waals surface area contributed by atoms with E-state index in [-0.39, 0.29) is 5.91 Å². The summed E-state index contributed by atoms with van der Waals surface area (Å²) < 4.78 is 0. The number of carbonyl (C=O) groups is 1. The Labute approximate surface area is 134 Å². The van der Waals surface area contributed by atoms with Gasteiger partial charge < -0.3 is 4.90 Å². The SMILES string of the molecule is C/C(=C\C(=O)N(Cc1ccccc1)C1CCCCC1)C1CC1. The van der Waals surface area contributed by atoms with Crippen LogP contribution in [0.15, 0.2) is 42.0 Å². The Morgan fingerprint density at radius 2 is 1.77 bits per heavy atom. The molecule has 2 fully saturated rings. The van der Waals surface area contributed by atoms with Gasteiger partial charge in [0.25, 0.3) is 0 Å². The van der Waals surface area contributed by atoms with Crippen LogP contribution in [0.1, 0.15) is 57.4 Å². The van der Waals surface area contributed by atoms with Crippen LogP contribution in [0, 0.1) is 5.92 Å². The Kier molecular flexibility index (Phi) is 4.97. The summed E-state index contributed by atoms with van der Waals surface area (Å²) in [4.78, 5) is 15.0. The number of hydrogen-bond donors (Lipinski definition) is 0. The van der Waals surface area contributed by atoms with Crippen molar-refractivity contribution in [2.75, 3.05) is 0 Å². The molecule has 1 aromatic rings. The summed E-state index contributed by atoms with van der Waals surface area (Å²) in [5.41, 5.74) is 2.51. The molecule has 3 rings (SSSR count). The van der Waals surface area contributed by atoms with E-state index in [4.69, 9.17) is 0 Å². The fourth-order valence-electron chi connectivity index (χ4n) is 3.49. The smallest absolute Gasteiger partial charge is 0.247 e. The van der Waals surface area contributed by atoms with Gasteiger partial charge in [-0.25, -0.2) is 0 Å². The number of hydrogen-bond acceptors (Lipinski definition) is 1. The topological polar surface area (TPSA) is 20.3 Å². The lowest BCUT2D eigenvalue weighted by Gasteiger charge is -2.34. The van der Waals surface area contributed by atoms with Crippen molar-refractivity contribution in [3.05, 3.63) is 47.5 Å². The van der Waals surface area contributed by atoms with Gasteiger partial charge in [0.15, 0.2) is 0 Å². The Morgan fingerprint density at radius 3 is 2.41 bits per heavy atom. The van der Waals surface area contributed by atoms with E-state index in [1.54, 1.807) is 0 Å². The predicted octanol–water partition coefficient (Wildman–Crippen LogP) is 4.70. The third-order valence-corrected chi connectivity index (χ3v) is 5.07. The van der Waals surface area contributed by atoms with Crippen molar-refractivity contribution >= 4 is 5.91 Å². The minimum atomic E-state index is 0.222. The highest BCUT2D eigenvalue weighted by atomic mass is 16.2. The second-order valence-electron chi connectivity index (χ2n) is 6.91. The maximum Gasteiger partial charge on any atom is 0.247 e. The third kappa shape index (κ3) is 4.00. The molecule has 118 valence electrons. The van der Waals surface area contributed by atoms with E-state index < -0.39 is 0 Å². The molecular weight excluding hydrogens is 270 g/mol. The largest absolute Gasteiger partial charge is 0.332 e. The molecule has 1 amide bonds. The lowest BCUT2D eigenvalue weighted by atomic mass is 9.93. The fraction of sp³-hybridized carbons (Fsp3) is 0.550. The standard InChI is InChI=1S/C20H27NO/c1-16(18-12-13-18)14-20(22)21(19-10-6-3-7-11-19)15-17-8-4-2-5-9-17/h2,4-5,8-9,14,18-19H,3,6-7,10-13,15H2,1H3/b16-14+. The fourth-order valence-corrected chi connectivity index (χ4v) is 3.49. The van der Waals surface area contributed by atoms with Crippen LogP contribution in [0.25, 0.3) is 0 Å². The average molecular weight is 297 g/mol. The van der Waals surface area contributed by atoms with Crippen LogP contribution in [0.3, 0.4) is 0 Å². The Hall–Kier alpha value is -1.57. The molecule has 22 heavy (non-hydrogen) atoms. The van der Waals surface area contributed by atoms with Crippen LogP contribution >= 0.6 is 0 Å². The predicted molar refractivity (Wildman–Crippen MR) is 90.3 cm³/mol. The first-order valence-electron chi connectivity index (χ1n) is 8.77. The molecule has 0 atom stereocenters. The van der Waals surface area contributed by atoms with Crippen LogP contribution in [0.2, 0.25) is 0 Å². The third-order valence-electron chi connectivity index (χ3n) is 5.07. The Balaban J connectivity index is 1.75. The Morgan fingerprint density at radius 1 is 1.09 bits per heavy atom. The molecule has 2 aliphatic carbocycles. The first-order chi connectivity index (χ1) is 10.7. The van der Waals surface area contributed by atoms with E-state index in [1.165, 1.54) is 43.2 Å². The molecule has 0 unspecified atom stereocenters. The highest BCUT2D eigenvalue weighted by Gasteiger charge is 2.27. The average Bonchev–Trinajstić information content (AvgIpc) is 3.39. The second kappa shape index (κ2) is 7.13. The van der Waals surface area contributed by atoms with Crippen molar-refractivity contribution in [1.82, 2.24) is 4.90 Å². The van der Waals surface area contributed by atoms with Gasteiger partial charge in [0.1, 0.15) is 0 Å². The normalized spacial score (nSPS) is 20.0. The van der Waals surface area contributed by atoms with Gasteiger partial charge in [0.05, 0.1) is 0 Å². The van der Waals surface area contributed by atoms with Crippen LogP contribution in [0.5, 0.6) is 0 Å². The van der Waals surface area contributed by atoms with E-state index in [0.717, 1.165) is 19.4 Å². The molecule has 2 nitrogen and oxygen atoms in total. The van der Waals surface area contributed by atoms with E-state index in [0.29, 0.717) is 12.0 Å². The summed E-state index contributed by atoms with van der Waals surface area (Å²) in [6.45, 7) is 2.87. The minimum absolute atomic E-state index is 0.222. The highest BCUT2D eigenvalue weighted by molar-refractivity contribution is 5.88. The minimum Gasteiger partial charge on any atom is -0.332 e. The molecule has 0 heterocycles. The number of benzene rings is 1.